The molecule has 0 fully saturated rings. The van der Waals surface area contributed by atoms with Gasteiger partial charge in [-0.3, -0.25) is 9.97 Å². The van der Waals surface area contributed by atoms with Crippen molar-refractivity contribution in [3.63, 3.8) is 0 Å². The molecule has 166 valence electrons. The molecule has 0 saturated carbocycles. The number of fused-ring (bicyclic) bond motifs is 1. The maximum atomic E-state index is 4.73. The molecule has 0 spiro atoms. The lowest BCUT2D eigenvalue weighted by atomic mass is 9.97. The molecule has 0 aliphatic carbocycles. The van der Waals surface area contributed by atoms with Gasteiger partial charge in [0.25, 0.3) is 0 Å². The second-order valence-corrected chi connectivity index (χ2v) is 8.52. The molecule has 2 heterocycles. The van der Waals surface area contributed by atoms with Gasteiger partial charge in [0.05, 0.1) is 11.4 Å². The number of pyridine rings is 2. The van der Waals surface area contributed by atoms with Crippen LogP contribution in [0.2, 0.25) is 0 Å². The Labute approximate surface area is 201 Å². The molecule has 0 aliphatic rings. The van der Waals surface area contributed by atoms with Gasteiger partial charge in [0, 0.05) is 34.1 Å². The lowest BCUT2D eigenvalue weighted by molar-refractivity contribution is 1.18. The number of benzene rings is 3. The molecule has 34 heavy (non-hydrogen) atoms. The first kappa shape index (κ1) is 21.8. The highest BCUT2D eigenvalue weighted by molar-refractivity contribution is 5.94. The highest BCUT2D eigenvalue weighted by Crippen LogP contribution is 2.27. The van der Waals surface area contributed by atoms with E-state index in [-0.39, 0.29) is 0 Å². The topological polar surface area (TPSA) is 25.8 Å². The standard InChI is InChI=1S/C32H28N2/c1-3-9-25-16-18-33-31(29(25)4-2)27-13-7-10-23(21-27)20-24-11-8-14-28(22-24)32-30-15-6-5-12-26(30)17-19-34-32/h4-19,21-22H,3,20H2,1-2H3/b25-9-,29-4+. The maximum absolute atomic E-state index is 4.73. The Kier molecular flexibility index (Phi) is 6.31. The van der Waals surface area contributed by atoms with Crippen molar-refractivity contribution in [2.75, 3.05) is 0 Å². The van der Waals surface area contributed by atoms with E-state index < -0.39 is 0 Å². The minimum absolute atomic E-state index is 0.860. The Bertz CT molecular complexity index is 1580. The Balaban J connectivity index is 1.50. The summed E-state index contributed by atoms with van der Waals surface area (Å²) in [5.41, 5.74) is 6.92. The van der Waals surface area contributed by atoms with Gasteiger partial charge in [-0.1, -0.05) is 79.7 Å². The van der Waals surface area contributed by atoms with Crippen molar-refractivity contribution < 1.29 is 0 Å². The van der Waals surface area contributed by atoms with E-state index in [1.807, 2.05) is 12.4 Å². The summed E-state index contributed by atoms with van der Waals surface area (Å²) < 4.78 is 0. The monoisotopic (exact) mass is 440 g/mol. The van der Waals surface area contributed by atoms with Crippen LogP contribution in [0, 0.1) is 0 Å². The van der Waals surface area contributed by atoms with Gasteiger partial charge < -0.3 is 0 Å². The van der Waals surface area contributed by atoms with Crippen molar-refractivity contribution in [3.8, 4) is 22.5 Å². The van der Waals surface area contributed by atoms with Crippen LogP contribution in [0.4, 0.5) is 0 Å². The summed E-state index contributed by atoms with van der Waals surface area (Å²) in [5, 5.41) is 4.84. The van der Waals surface area contributed by atoms with Crippen LogP contribution in [-0.2, 0) is 6.42 Å². The summed E-state index contributed by atoms with van der Waals surface area (Å²) >= 11 is 0. The van der Waals surface area contributed by atoms with Gasteiger partial charge in [-0.15, -0.1) is 0 Å². The molecule has 2 nitrogen and oxygen atoms in total. The van der Waals surface area contributed by atoms with E-state index in [1.165, 1.54) is 32.3 Å². The van der Waals surface area contributed by atoms with E-state index in [9.17, 15) is 0 Å². The molecule has 0 unspecified atom stereocenters. The Hall–Kier alpha value is -4.04. The van der Waals surface area contributed by atoms with E-state index in [0.29, 0.717) is 0 Å². The smallest absolute Gasteiger partial charge is 0.0780 e. The molecule has 0 aliphatic heterocycles. The number of hydrogen-bond donors (Lipinski definition) is 0. The second-order valence-electron chi connectivity index (χ2n) is 8.52. The number of rotatable bonds is 5. The summed E-state index contributed by atoms with van der Waals surface area (Å²) in [5.74, 6) is 0. The zero-order valence-electron chi connectivity index (χ0n) is 19.7. The van der Waals surface area contributed by atoms with E-state index in [1.54, 1.807) is 0 Å². The van der Waals surface area contributed by atoms with Crippen molar-refractivity contribution in [2.45, 2.75) is 26.7 Å². The lowest BCUT2D eigenvalue weighted by Gasteiger charge is -2.10. The van der Waals surface area contributed by atoms with Crippen LogP contribution < -0.4 is 10.4 Å². The van der Waals surface area contributed by atoms with Crippen molar-refractivity contribution in [1.82, 2.24) is 9.97 Å². The molecule has 3 aromatic carbocycles. The van der Waals surface area contributed by atoms with Crippen LogP contribution in [0.1, 0.15) is 31.4 Å². The average Bonchev–Trinajstić information content (AvgIpc) is 2.89. The van der Waals surface area contributed by atoms with Gasteiger partial charge in [-0.2, -0.15) is 0 Å². The van der Waals surface area contributed by atoms with Gasteiger partial charge in [-0.05, 0) is 65.8 Å². The number of aromatic nitrogens is 2. The van der Waals surface area contributed by atoms with Crippen LogP contribution in [0.5, 0.6) is 0 Å². The summed E-state index contributed by atoms with van der Waals surface area (Å²) in [6, 6.07) is 30.1. The largest absolute Gasteiger partial charge is 0.256 e. The zero-order valence-corrected chi connectivity index (χ0v) is 19.7. The first-order valence-electron chi connectivity index (χ1n) is 11.9. The summed E-state index contributed by atoms with van der Waals surface area (Å²) in [7, 11) is 0. The molecular formula is C32H28N2. The van der Waals surface area contributed by atoms with E-state index >= 15 is 0 Å². The molecule has 5 rings (SSSR count). The molecule has 2 aromatic heterocycles. The highest BCUT2D eigenvalue weighted by Gasteiger charge is 2.08. The predicted octanol–water partition coefficient (Wildman–Crippen LogP) is 6.55. The molecule has 0 amide bonds. The number of nitrogens with zero attached hydrogens (tertiary/aromatic N) is 2. The quantitative estimate of drug-likeness (QED) is 0.310. The van der Waals surface area contributed by atoms with Crippen molar-refractivity contribution in [2.24, 2.45) is 0 Å². The molecule has 0 radical (unpaired) electrons. The molecule has 0 bridgehead atoms. The molecule has 2 heteroatoms. The Morgan fingerprint density at radius 3 is 2.12 bits per heavy atom. The first-order chi connectivity index (χ1) is 16.8. The molecule has 0 atom stereocenters. The normalized spacial score (nSPS) is 12.4. The average molecular weight is 441 g/mol. The third-order valence-electron chi connectivity index (χ3n) is 6.22. The van der Waals surface area contributed by atoms with Crippen LogP contribution in [-0.4, -0.2) is 9.97 Å². The zero-order chi connectivity index (χ0) is 23.3. The van der Waals surface area contributed by atoms with Crippen LogP contribution in [0.15, 0.2) is 97.3 Å². The molecule has 0 saturated heterocycles. The fourth-order valence-corrected chi connectivity index (χ4v) is 4.66. The Morgan fingerprint density at radius 2 is 1.38 bits per heavy atom. The fraction of sp³-hybridized carbons (Fsp3) is 0.125. The fourth-order valence-electron chi connectivity index (χ4n) is 4.66. The van der Waals surface area contributed by atoms with Gasteiger partial charge in [-0.25, -0.2) is 0 Å². The van der Waals surface area contributed by atoms with Crippen LogP contribution >= 0.6 is 0 Å². The van der Waals surface area contributed by atoms with Crippen LogP contribution in [0.25, 0.3) is 45.4 Å². The Morgan fingerprint density at radius 1 is 0.706 bits per heavy atom. The summed E-state index contributed by atoms with van der Waals surface area (Å²) in [6.45, 7) is 4.26. The second kappa shape index (κ2) is 9.84. The summed E-state index contributed by atoms with van der Waals surface area (Å²) in [6.07, 6.45) is 10.1. The van der Waals surface area contributed by atoms with Crippen molar-refractivity contribution in [3.05, 3.63) is 119 Å². The molecular weight excluding hydrogens is 412 g/mol. The van der Waals surface area contributed by atoms with Gasteiger partial charge >= 0.3 is 0 Å². The van der Waals surface area contributed by atoms with Gasteiger partial charge in [0.1, 0.15) is 0 Å². The minimum Gasteiger partial charge on any atom is -0.256 e. The lowest BCUT2D eigenvalue weighted by Crippen LogP contribution is -2.27. The van der Waals surface area contributed by atoms with E-state index in [4.69, 9.17) is 9.97 Å². The van der Waals surface area contributed by atoms with Crippen molar-refractivity contribution >= 4 is 22.9 Å². The highest BCUT2D eigenvalue weighted by atomic mass is 14.7. The summed E-state index contributed by atoms with van der Waals surface area (Å²) in [4.78, 5) is 9.44. The molecule has 0 N–H and O–H groups in total. The third kappa shape index (κ3) is 4.40. The maximum Gasteiger partial charge on any atom is 0.0780 e. The van der Waals surface area contributed by atoms with E-state index in [0.717, 1.165) is 35.4 Å². The molecule has 5 aromatic rings. The number of hydrogen-bond acceptors (Lipinski definition) is 2. The van der Waals surface area contributed by atoms with Crippen molar-refractivity contribution in [1.29, 1.82) is 0 Å². The van der Waals surface area contributed by atoms with Gasteiger partial charge in [0.15, 0.2) is 0 Å². The van der Waals surface area contributed by atoms with Gasteiger partial charge in [0.2, 0.25) is 0 Å². The van der Waals surface area contributed by atoms with E-state index in [2.05, 4.69) is 111 Å². The first-order valence-corrected chi connectivity index (χ1v) is 11.9. The minimum atomic E-state index is 0.860. The SMILES string of the molecule is C/C=c1/c(-c2cccc(Cc3cccc(-c4nccc5ccccc45)c3)c2)ncc/c1=C/CC. The van der Waals surface area contributed by atoms with Crippen LogP contribution in [0.3, 0.4) is 0 Å². The third-order valence-corrected chi connectivity index (χ3v) is 6.22. The predicted molar refractivity (Wildman–Crippen MR) is 144 cm³/mol.